The van der Waals surface area contributed by atoms with Gasteiger partial charge in [-0.2, -0.15) is 0 Å². The van der Waals surface area contributed by atoms with E-state index in [9.17, 15) is 9.90 Å². The zero-order valence-corrected chi connectivity index (χ0v) is 11.4. The van der Waals surface area contributed by atoms with E-state index in [1.165, 1.54) is 5.56 Å². The molecule has 1 aromatic carbocycles. The SMILES string of the molecule is O=C(O)[C@]12COC[C@H]1CN(CC=Cc1ccccc1)C2. The van der Waals surface area contributed by atoms with Crippen molar-refractivity contribution in [2.75, 3.05) is 32.8 Å². The number of carboxylic acid groups (broad SMARTS) is 1. The quantitative estimate of drug-likeness (QED) is 0.907. The van der Waals surface area contributed by atoms with Crippen molar-refractivity contribution in [3.8, 4) is 0 Å². The van der Waals surface area contributed by atoms with Crippen molar-refractivity contribution in [1.82, 2.24) is 4.90 Å². The molecule has 0 aliphatic carbocycles. The van der Waals surface area contributed by atoms with Crippen molar-refractivity contribution in [3.05, 3.63) is 42.0 Å². The minimum atomic E-state index is -0.713. The van der Waals surface area contributed by atoms with Crippen LogP contribution in [0.1, 0.15) is 5.56 Å². The van der Waals surface area contributed by atoms with Gasteiger partial charge in [0, 0.05) is 25.6 Å². The largest absolute Gasteiger partial charge is 0.481 e. The maximum absolute atomic E-state index is 11.5. The normalized spacial score (nSPS) is 29.9. The lowest BCUT2D eigenvalue weighted by molar-refractivity contribution is -0.149. The molecule has 0 saturated carbocycles. The van der Waals surface area contributed by atoms with Gasteiger partial charge in [0.25, 0.3) is 0 Å². The summed E-state index contributed by atoms with van der Waals surface area (Å²) in [5, 5.41) is 9.47. The van der Waals surface area contributed by atoms with Crippen LogP contribution in [0.3, 0.4) is 0 Å². The van der Waals surface area contributed by atoms with Crippen LogP contribution in [0.2, 0.25) is 0 Å². The number of carboxylic acids is 1. The van der Waals surface area contributed by atoms with Crippen molar-refractivity contribution < 1.29 is 14.6 Å². The topological polar surface area (TPSA) is 49.8 Å². The first kappa shape index (κ1) is 13.3. The maximum atomic E-state index is 11.5. The summed E-state index contributed by atoms with van der Waals surface area (Å²) in [6.45, 7) is 3.12. The first-order valence-corrected chi connectivity index (χ1v) is 6.96. The molecule has 2 atom stereocenters. The third-order valence-corrected chi connectivity index (χ3v) is 4.34. The van der Waals surface area contributed by atoms with Gasteiger partial charge in [-0.05, 0) is 5.56 Å². The minimum absolute atomic E-state index is 0.130. The van der Waals surface area contributed by atoms with Gasteiger partial charge in [-0.25, -0.2) is 0 Å². The van der Waals surface area contributed by atoms with Gasteiger partial charge < -0.3 is 9.84 Å². The molecule has 0 amide bonds. The monoisotopic (exact) mass is 273 g/mol. The third kappa shape index (κ3) is 2.37. The first-order valence-electron chi connectivity index (χ1n) is 6.96. The highest BCUT2D eigenvalue weighted by Gasteiger charge is 2.55. The second-order valence-corrected chi connectivity index (χ2v) is 5.68. The lowest BCUT2D eigenvalue weighted by Crippen LogP contribution is -2.39. The Labute approximate surface area is 118 Å². The summed E-state index contributed by atoms with van der Waals surface area (Å²) in [4.78, 5) is 13.7. The predicted molar refractivity (Wildman–Crippen MR) is 76.3 cm³/mol. The van der Waals surface area contributed by atoms with E-state index in [0.29, 0.717) is 19.8 Å². The Morgan fingerprint density at radius 3 is 2.95 bits per heavy atom. The minimum Gasteiger partial charge on any atom is -0.481 e. The lowest BCUT2D eigenvalue weighted by Gasteiger charge is -2.21. The summed E-state index contributed by atoms with van der Waals surface area (Å²) in [5.41, 5.74) is 0.490. The van der Waals surface area contributed by atoms with Crippen LogP contribution in [0.15, 0.2) is 36.4 Å². The Morgan fingerprint density at radius 1 is 1.45 bits per heavy atom. The Morgan fingerprint density at radius 2 is 2.25 bits per heavy atom. The molecular formula is C16H19NO3. The molecule has 2 heterocycles. The summed E-state index contributed by atoms with van der Waals surface area (Å²) in [5.74, 6) is -0.584. The van der Waals surface area contributed by atoms with Crippen LogP contribution in [0.25, 0.3) is 6.08 Å². The molecular weight excluding hydrogens is 254 g/mol. The Hall–Kier alpha value is -1.65. The third-order valence-electron chi connectivity index (χ3n) is 4.34. The van der Waals surface area contributed by atoms with Crippen molar-refractivity contribution in [2.45, 2.75) is 0 Å². The molecule has 0 bridgehead atoms. The fourth-order valence-electron chi connectivity index (χ4n) is 3.18. The van der Waals surface area contributed by atoms with Crippen LogP contribution in [-0.2, 0) is 9.53 Å². The van der Waals surface area contributed by atoms with Gasteiger partial charge >= 0.3 is 5.97 Å². The van der Waals surface area contributed by atoms with E-state index in [4.69, 9.17) is 4.74 Å². The van der Waals surface area contributed by atoms with Crippen molar-refractivity contribution >= 4 is 12.0 Å². The number of ether oxygens (including phenoxy) is 1. The van der Waals surface area contributed by atoms with E-state index in [2.05, 4.69) is 29.2 Å². The van der Waals surface area contributed by atoms with Gasteiger partial charge in [0.2, 0.25) is 0 Å². The molecule has 0 spiro atoms. The van der Waals surface area contributed by atoms with Crippen LogP contribution in [0, 0.1) is 11.3 Å². The van der Waals surface area contributed by atoms with E-state index in [1.807, 2.05) is 18.2 Å². The number of hydrogen-bond donors (Lipinski definition) is 1. The van der Waals surface area contributed by atoms with Crippen LogP contribution in [-0.4, -0.2) is 48.8 Å². The van der Waals surface area contributed by atoms with Gasteiger partial charge in [-0.3, -0.25) is 9.69 Å². The zero-order valence-electron chi connectivity index (χ0n) is 11.4. The number of hydrogen-bond acceptors (Lipinski definition) is 3. The van der Waals surface area contributed by atoms with Gasteiger partial charge in [0.05, 0.1) is 13.2 Å². The van der Waals surface area contributed by atoms with Crippen LogP contribution >= 0.6 is 0 Å². The van der Waals surface area contributed by atoms with Crippen molar-refractivity contribution in [1.29, 1.82) is 0 Å². The summed E-state index contributed by atoms with van der Waals surface area (Å²) < 4.78 is 5.37. The molecule has 106 valence electrons. The van der Waals surface area contributed by atoms with E-state index >= 15 is 0 Å². The molecule has 1 N–H and O–H groups in total. The van der Waals surface area contributed by atoms with Crippen LogP contribution in [0.4, 0.5) is 0 Å². The summed E-state index contributed by atoms with van der Waals surface area (Å²) in [7, 11) is 0. The molecule has 0 unspecified atom stereocenters. The Balaban J connectivity index is 1.61. The van der Waals surface area contributed by atoms with Crippen molar-refractivity contribution in [3.63, 3.8) is 0 Å². The number of nitrogens with zero attached hydrogens (tertiary/aromatic N) is 1. The maximum Gasteiger partial charge on any atom is 0.313 e. The lowest BCUT2D eigenvalue weighted by atomic mass is 9.81. The zero-order chi connectivity index (χ0) is 14.0. The second kappa shape index (κ2) is 5.38. The fourth-order valence-corrected chi connectivity index (χ4v) is 3.18. The van der Waals surface area contributed by atoms with E-state index < -0.39 is 11.4 Å². The second-order valence-electron chi connectivity index (χ2n) is 5.68. The number of carbonyl (C=O) groups is 1. The van der Waals surface area contributed by atoms with Gasteiger partial charge in [-0.1, -0.05) is 42.5 Å². The highest BCUT2D eigenvalue weighted by Crippen LogP contribution is 2.41. The highest BCUT2D eigenvalue weighted by molar-refractivity contribution is 5.76. The summed E-state index contributed by atoms with van der Waals surface area (Å²) >= 11 is 0. The Kier molecular flexibility index (Phi) is 3.59. The summed E-state index contributed by atoms with van der Waals surface area (Å²) in [6, 6.07) is 10.1. The standard InChI is InChI=1S/C16H19NO3/c18-15(19)16-11-17(9-14(16)10-20-12-16)8-4-7-13-5-2-1-3-6-13/h1-7,14H,8-12H2,(H,18,19)/t14-,16-/m1/s1. The molecule has 1 aromatic rings. The van der Waals surface area contributed by atoms with E-state index in [1.54, 1.807) is 0 Å². The van der Waals surface area contributed by atoms with Crippen LogP contribution in [0.5, 0.6) is 0 Å². The average Bonchev–Trinajstić information content (AvgIpc) is 2.97. The smallest absolute Gasteiger partial charge is 0.313 e. The molecule has 4 heteroatoms. The molecule has 2 saturated heterocycles. The molecule has 2 aliphatic heterocycles. The Bertz CT molecular complexity index is 514. The van der Waals surface area contributed by atoms with E-state index in [-0.39, 0.29) is 5.92 Å². The molecule has 2 fully saturated rings. The number of fused-ring (bicyclic) bond motifs is 1. The van der Waals surface area contributed by atoms with Gasteiger partial charge in [0.1, 0.15) is 5.41 Å². The number of benzene rings is 1. The molecule has 3 rings (SSSR count). The number of rotatable bonds is 4. The number of likely N-dealkylation sites (tertiary alicyclic amines) is 1. The average molecular weight is 273 g/mol. The number of aliphatic carboxylic acids is 1. The molecule has 2 aliphatic rings. The molecule has 20 heavy (non-hydrogen) atoms. The molecule has 0 aromatic heterocycles. The first-order chi connectivity index (χ1) is 9.71. The van der Waals surface area contributed by atoms with Crippen LogP contribution < -0.4 is 0 Å². The summed E-state index contributed by atoms with van der Waals surface area (Å²) in [6.07, 6.45) is 4.19. The van der Waals surface area contributed by atoms with Gasteiger partial charge in [-0.15, -0.1) is 0 Å². The van der Waals surface area contributed by atoms with E-state index in [0.717, 1.165) is 13.1 Å². The van der Waals surface area contributed by atoms with Crippen molar-refractivity contribution in [2.24, 2.45) is 11.3 Å². The fraction of sp³-hybridized carbons (Fsp3) is 0.438. The predicted octanol–water partition coefficient (Wildman–Crippen LogP) is 1.73. The molecule has 0 radical (unpaired) electrons. The highest BCUT2D eigenvalue weighted by atomic mass is 16.5. The van der Waals surface area contributed by atoms with Gasteiger partial charge in [0.15, 0.2) is 0 Å². The molecule has 4 nitrogen and oxygen atoms in total.